The third kappa shape index (κ3) is 3.26. The van der Waals surface area contributed by atoms with E-state index in [2.05, 4.69) is 17.4 Å². The van der Waals surface area contributed by atoms with E-state index >= 15 is 0 Å². The van der Waals surface area contributed by atoms with E-state index in [9.17, 15) is 14.4 Å². The van der Waals surface area contributed by atoms with Crippen molar-refractivity contribution in [3.05, 3.63) is 95.6 Å². The van der Waals surface area contributed by atoms with Crippen molar-refractivity contribution in [2.45, 2.75) is 25.7 Å². The van der Waals surface area contributed by atoms with Gasteiger partial charge in [-0.3, -0.25) is 19.3 Å². The molecule has 2 saturated carbocycles. The largest absolute Gasteiger partial charge is 0.322 e. The van der Waals surface area contributed by atoms with E-state index in [0.29, 0.717) is 17.2 Å². The number of aryl methyl sites for hydroxylation is 1. The van der Waals surface area contributed by atoms with Crippen molar-refractivity contribution in [1.82, 2.24) is 0 Å². The molecule has 5 nitrogen and oxygen atoms in total. The molecule has 0 spiro atoms. The van der Waals surface area contributed by atoms with E-state index in [1.165, 1.54) is 10.5 Å². The van der Waals surface area contributed by atoms with Crippen LogP contribution in [0.15, 0.2) is 78.9 Å². The zero-order valence-corrected chi connectivity index (χ0v) is 19.0. The van der Waals surface area contributed by atoms with Crippen LogP contribution in [0.25, 0.3) is 0 Å². The summed E-state index contributed by atoms with van der Waals surface area (Å²) in [5.41, 5.74) is 4.15. The molecule has 3 aromatic rings. The number of hydrogen-bond acceptors (Lipinski definition) is 3. The van der Waals surface area contributed by atoms with Crippen molar-refractivity contribution < 1.29 is 14.4 Å². The van der Waals surface area contributed by atoms with Gasteiger partial charge in [-0.25, -0.2) is 0 Å². The van der Waals surface area contributed by atoms with Crippen LogP contribution in [0.3, 0.4) is 0 Å². The summed E-state index contributed by atoms with van der Waals surface area (Å²) in [6.45, 7) is 1.99. The molecule has 0 aromatic heterocycles. The molecule has 2 bridgehead atoms. The topological polar surface area (TPSA) is 66.5 Å². The number of benzene rings is 3. The Morgan fingerprint density at radius 2 is 1.50 bits per heavy atom. The predicted octanol–water partition coefficient (Wildman–Crippen LogP) is 5.18. The average molecular weight is 451 g/mol. The highest BCUT2D eigenvalue weighted by Gasteiger charge is 2.64. The Labute approximate surface area is 198 Å². The van der Waals surface area contributed by atoms with Crippen molar-refractivity contribution in [2.75, 3.05) is 10.2 Å². The van der Waals surface area contributed by atoms with Crippen LogP contribution in [-0.2, 0) is 9.59 Å². The molecule has 2 aliphatic carbocycles. The number of nitrogens with one attached hydrogen (secondary N) is 1. The van der Waals surface area contributed by atoms with Crippen molar-refractivity contribution in [3.8, 4) is 0 Å². The standard InChI is InChI=1S/C29H26N2O3/c1-17-7-11-21(12-8-17)30-27(32)19-9-13-22(14-10-19)31-28(33)25-20-15-23(18-5-3-2-4-6-18)24(16-20)26(25)29(31)34/h2-14,20,23-26H,15-16H2,1H3,(H,30,32). The first-order chi connectivity index (χ1) is 16.5. The first-order valence-electron chi connectivity index (χ1n) is 11.9. The molecule has 170 valence electrons. The van der Waals surface area contributed by atoms with Crippen molar-refractivity contribution in [3.63, 3.8) is 0 Å². The summed E-state index contributed by atoms with van der Waals surface area (Å²) < 4.78 is 0. The molecular weight excluding hydrogens is 424 g/mol. The summed E-state index contributed by atoms with van der Waals surface area (Å²) in [6.07, 6.45) is 1.93. The van der Waals surface area contributed by atoms with Gasteiger partial charge in [-0.1, -0.05) is 48.0 Å². The maximum absolute atomic E-state index is 13.5. The molecule has 1 aliphatic heterocycles. The summed E-state index contributed by atoms with van der Waals surface area (Å²) in [5.74, 6) is 0.000479. The molecule has 3 amide bonds. The number of carbonyl (C=O) groups excluding carboxylic acids is 3. The number of rotatable bonds is 4. The fraction of sp³-hybridized carbons (Fsp3) is 0.276. The van der Waals surface area contributed by atoms with E-state index < -0.39 is 0 Å². The van der Waals surface area contributed by atoms with Crippen molar-refractivity contribution in [1.29, 1.82) is 0 Å². The maximum atomic E-state index is 13.5. The SMILES string of the molecule is Cc1ccc(NC(=O)c2ccc(N3C(=O)C4C5CC(c6ccccc6)C(C5)C4C3=O)cc2)cc1. The number of carbonyl (C=O) groups is 3. The zero-order valence-electron chi connectivity index (χ0n) is 19.0. The molecule has 3 fully saturated rings. The molecule has 5 unspecified atom stereocenters. The van der Waals surface area contributed by atoms with Crippen molar-refractivity contribution >= 4 is 29.1 Å². The van der Waals surface area contributed by atoms with Crippen LogP contribution in [0.4, 0.5) is 11.4 Å². The molecule has 34 heavy (non-hydrogen) atoms. The Balaban J connectivity index is 1.20. The molecular formula is C29H26N2O3. The van der Waals surface area contributed by atoms with Crippen LogP contribution in [0.1, 0.15) is 40.2 Å². The van der Waals surface area contributed by atoms with Gasteiger partial charge in [0.25, 0.3) is 5.91 Å². The van der Waals surface area contributed by atoms with Gasteiger partial charge in [-0.2, -0.15) is 0 Å². The Hall–Kier alpha value is -3.73. The molecule has 5 atom stereocenters. The number of anilines is 2. The number of hydrogen-bond donors (Lipinski definition) is 1. The van der Waals surface area contributed by atoms with Crippen LogP contribution in [0.2, 0.25) is 0 Å². The average Bonchev–Trinajstić information content (AvgIpc) is 3.52. The zero-order chi connectivity index (χ0) is 23.4. The van der Waals surface area contributed by atoms with E-state index in [-0.39, 0.29) is 41.4 Å². The van der Waals surface area contributed by atoms with Gasteiger partial charge in [-0.15, -0.1) is 0 Å². The molecule has 5 heteroatoms. The van der Waals surface area contributed by atoms with Crippen LogP contribution in [-0.4, -0.2) is 17.7 Å². The van der Waals surface area contributed by atoms with Gasteiger partial charge in [0.2, 0.25) is 11.8 Å². The molecule has 6 rings (SSSR count). The van der Waals surface area contributed by atoms with Crippen LogP contribution in [0, 0.1) is 30.6 Å². The summed E-state index contributed by atoms with van der Waals surface area (Å²) in [7, 11) is 0. The summed E-state index contributed by atoms with van der Waals surface area (Å²) in [4.78, 5) is 40.8. The molecule has 3 aromatic carbocycles. The second-order valence-electron chi connectivity index (χ2n) is 9.84. The van der Waals surface area contributed by atoms with Gasteiger partial charge >= 0.3 is 0 Å². The first kappa shape index (κ1) is 20.8. The maximum Gasteiger partial charge on any atom is 0.255 e. The Kier molecular flexibility index (Phi) is 4.87. The third-order valence-corrected chi connectivity index (χ3v) is 7.94. The van der Waals surface area contributed by atoms with Gasteiger partial charge in [0.15, 0.2) is 0 Å². The van der Waals surface area contributed by atoms with E-state index in [4.69, 9.17) is 0 Å². The van der Waals surface area contributed by atoms with Crippen LogP contribution >= 0.6 is 0 Å². The lowest BCUT2D eigenvalue weighted by atomic mass is 9.73. The first-order valence-corrected chi connectivity index (χ1v) is 11.9. The minimum atomic E-state index is -0.235. The highest BCUT2D eigenvalue weighted by Crippen LogP contribution is 2.61. The second kappa shape index (κ2) is 7.94. The Morgan fingerprint density at radius 3 is 2.21 bits per heavy atom. The second-order valence-corrected chi connectivity index (χ2v) is 9.84. The van der Waals surface area contributed by atoms with Gasteiger partial charge in [0.05, 0.1) is 17.5 Å². The van der Waals surface area contributed by atoms with E-state index in [1.807, 2.05) is 49.4 Å². The van der Waals surface area contributed by atoms with Crippen LogP contribution < -0.4 is 10.2 Å². The normalized spacial score (nSPS) is 27.2. The minimum absolute atomic E-state index is 0.0779. The van der Waals surface area contributed by atoms with Crippen LogP contribution in [0.5, 0.6) is 0 Å². The molecule has 1 N–H and O–H groups in total. The monoisotopic (exact) mass is 450 g/mol. The molecule has 0 radical (unpaired) electrons. The fourth-order valence-electron chi connectivity index (χ4n) is 6.40. The van der Waals surface area contributed by atoms with Gasteiger partial charge in [0.1, 0.15) is 0 Å². The van der Waals surface area contributed by atoms with E-state index in [0.717, 1.165) is 24.1 Å². The lowest BCUT2D eigenvalue weighted by Crippen LogP contribution is -2.33. The summed E-state index contributed by atoms with van der Waals surface area (Å²) in [6, 6.07) is 24.7. The predicted molar refractivity (Wildman–Crippen MR) is 130 cm³/mol. The van der Waals surface area contributed by atoms with Gasteiger partial charge in [-0.05, 0) is 79.5 Å². The number of nitrogens with zero attached hydrogens (tertiary/aromatic N) is 1. The van der Waals surface area contributed by atoms with Crippen molar-refractivity contribution in [2.24, 2.45) is 23.7 Å². The lowest BCUT2D eigenvalue weighted by Gasteiger charge is -2.28. The summed E-state index contributed by atoms with van der Waals surface area (Å²) in [5, 5.41) is 2.88. The minimum Gasteiger partial charge on any atom is -0.322 e. The number of imide groups is 1. The highest BCUT2D eigenvalue weighted by atomic mass is 16.2. The lowest BCUT2D eigenvalue weighted by molar-refractivity contribution is -0.123. The molecule has 3 aliphatic rings. The van der Waals surface area contributed by atoms with Gasteiger partial charge < -0.3 is 5.32 Å². The van der Waals surface area contributed by atoms with E-state index in [1.54, 1.807) is 24.3 Å². The fourth-order valence-corrected chi connectivity index (χ4v) is 6.40. The van der Waals surface area contributed by atoms with Gasteiger partial charge in [0, 0.05) is 11.3 Å². The number of fused-ring (bicyclic) bond motifs is 5. The molecule has 1 heterocycles. The molecule has 1 saturated heterocycles. The quantitative estimate of drug-likeness (QED) is 0.557. The smallest absolute Gasteiger partial charge is 0.255 e. The summed E-state index contributed by atoms with van der Waals surface area (Å²) >= 11 is 0. The third-order valence-electron chi connectivity index (χ3n) is 7.94. The Morgan fingerprint density at radius 1 is 0.824 bits per heavy atom. The number of amides is 3. The Bertz CT molecular complexity index is 1270. The highest BCUT2D eigenvalue weighted by molar-refractivity contribution is 6.22.